The van der Waals surface area contributed by atoms with Crippen molar-refractivity contribution < 1.29 is 24.1 Å². The highest BCUT2D eigenvalue weighted by Gasteiger charge is 2.11. The Balaban J connectivity index is 2.04. The van der Waals surface area contributed by atoms with Crippen LogP contribution in [0.3, 0.4) is 0 Å². The summed E-state index contributed by atoms with van der Waals surface area (Å²) in [4.78, 5) is 12.2. The van der Waals surface area contributed by atoms with Gasteiger partial charge in [0, 0.05) is 0 Å². The molecule has 0 unspecified atom stereocenters. The first-order chi connectivity index (χ1) is 21.1. The molecule has 0 aliphatic rings. The average molecular weight is 595 g/mol. The van der Waals surface area contributed by atoms with Crippen molar-refractivity contribution in [3.8, 4) is 11.5 Å². The number of rotatable bonds is 25. The van der Waals surface area contributed by atoms with Crippen molar-refractivity contribution in [2.75, 3.05) is 26.4 Å². The maximum absolute atomic E-state index is 12.2. The van der Waals surface area contributed by atoms with E-state index in [0.717, 1.165) is 35.5 Å². The molecule has 0 spiro atoms. The lowest BCUT2D eigenvalue weighted by molar-refractivity contribution is 0.0526. The fourth-order valence-electron chi connectivity index (χ4n) is 5.16. The van der Waals surface area contributed by atoms with Crippen LogP contribution in [0.2, 0.25) is 0 Å². The lowest BCUT2D eigenvalue weighted by Crippen LogP contribution is -2.05. The van der Waals surface area contributed by atoms with Crippen molar-refractivity contribution in [2.24, 2.45) is 0 Å². The number of hydrogen-bond donors (Lipinski definition) is 1. The van der Waals surface area contributed by atoms with Gasteiger partial charge in [0.15, 0.2) is 11.5 Å². The molecule has 240 valence electrons. The van der Waals surface area contributed by atoms with Crippen molar-refractivity contribution in [2.45, 2.75) is 124 Å². The minimum absolute atomic E-state index is 0.155. The standard InChI is InChI=1S/C38H58O5/c1-4-7-9-11-13-15-17-19-26-42-36-25-24-32(29-37(36)43-27-20-18-16-14-12-10-8-5-2)28-35(31-39)33-22-21-23-34(30-33)38(40)41-6-3/h21-25,28-30,39H,4-20,26-27,31H2,1-3H3/b35-28+. The second-order valence-electron chi connectivity index (χ2n) is 11.5. The first-order valence-electron chi connectivity index (χ1n) is 17.1. The predicted octanol–water partition coefficient (Wildman–Crippen LogP) is 10.4. The quantitative estimate of drug-likeness (QED) is 0.0704. The molecule has 0 aromatic heterocycles. The first kappa shape index (κ1) is 36.4. The fourth-order valence-corrected chi connectivity index (χ4v) is 5.16. The second-order valence-corrected chi connectivity index (χ2v) is 11.5. The number of carbonyl (C=O) groups is 1. The van der Waals surface area contributed by atoms with Crippen LogP contribution >= 0.6 is 0 Å². The van der Waals surface area contributed by atoms with Gasteiger partial charge in [-0.1, -0.05) is 122 Å². The largest absolute Gasteiger partial charge is 0.490 e. The highest BCUT2D eigenvalue weighted by Crippen LogP contribution is 2.31. The topological polar surface area (TPSA) is 65.0 Å². The Hall–Kier alpha value is -2.79. The van der Waals surface area contributed by atoms with Crippen molar-refractivity contribution in [3.63, 3.8) is 0 Å². The molecule has 0 saturated heterocycles. The van der Waals surface area contributed by atoms with E-state index in [1.165, 1.54) is 89.9 Å². The molecule has 0 saturated carbocycles. The normalized spacial score (nSPS) is 11.5. The van der Waals surface area contributed by atoms with Crippen molar-refractivity contribution in [3.05, 3.63) is 59.2 Å². The van der Waals surface area contributed by atoms with Gasteiger partial charge in [0.2, 0.25) is 0 Å². The number of unbranched alkanes of at least 4 members (excludes halogenated alkanes) is 14. The molecular formula is C38H58O5. The van der Waals surface area contributed by atoms with E-state index < -0.39 is 0 Å². The zero-order valence-corrected chi connectivity index (χ0v) is 27.3. The average Bonchev–Trinajstić information content (AvgIpc) is 3.03. The predicted molar refractivity (Wildman–Crippen MR) is 180 cm³/mol. The molecule has 2 rings (SSSR count). The summed E-state index contributed by atoms with van der Waals surface area (Å²) in [5, 5.41) is 10.2. The smallest absolute Gasteiger partial charge is 0.338 e. The highest BCUT2D eigenvalue weighted by atomic mass is 16.5. The zero-order chi connectivity index (χ0) is 31.0. The summed E-state index contributed by atoms with van der Waals surface area (Å²) in [7, 11) is 0. The molecule has 5 heteroatoms. The number of aliphatic hydroxyl groups excluding tert-OH is 1. The lowest BCUT2D eigenvalue weighted by atomic mass is 10.0. The van der Waals surface area contributed by atoms with E-state index in [-0.39, 0.29) is 12.6 Å². The van der Waals surface area contributed by atoms with Crippen LogP contribution in [0.5, 0.6) is 11.5 Å². The molecular weight excluding hydrogens is 536 g/mol. The van der Waals surface area contributed by atoms with Crippen LogP contribution < -0.4 is 9.47 Å². The molecule has 0 radical (unpaired) electrons. The first-order valence-corrected chi connectivity index (χ1v) is 17.1. The zero-order valence-electron chi connectivity index (χ0n) is 27.3. The minimum Gasteiger partial charge on any atom is -0.490 e. The number of esters is 1. The van der Waals surface area contributed by atoms with Gasteiger partial charge in [0.25, 0.3) is 0 Å². The second kappa shape index (κ2) is 23.6. The van der Waals surface area contributed by atoms with Gasteiger partial charge < -0.3 is 19.3 Å². The van der Waals surface area contributed by atoms with Crippen LogP contribution in [0, 0.1) is 0 Å². The molecule has 2 aromatic carbocycles. The summed E-state index contributed by atoms with van der Waals surface area (Å²) in [5.41, 5.74) is 2.88. The summed E-state index contributed by atoms with van der Waals surface area (Å²) in [5.74, 6) is 1.15. The summed E-state index contributed by atoms with van der Waals surface area (Å²) in [6.45, 7) is 7.80. The van der Waals surface area contributed by atoms with Crippen LogP contribution in [0.1, 0.15) is 145 Å². The SMILES string of the molecule is CCCCCCCCCCOc1ccc(/C=C(\CO)c2cccc(C(=O)OCC)c2)cc1OCCCCCCCCCC. The van der Waals surface area contributed by atoms with Gasteiger partial charge in [0.1, 0.15) is 0 Å². The van der Waals surface area contributed by atoms with E-state index in [2.05, 4.69) is 13.8 Å². The van der Waals surface area contributed by atoms with Gasteiger partial charge in [0.05, 0.1) is 32.0 Å². The van der Waals surface area contributed by atoms with Crippen molar-refractivity contribution in [1.29, 1.82) is 0 Å². The number of carbonyl (C=O) groups excluding carboxylic acids is 1. The van der Waals surface area contributed by atoms with Crippen LogP contribution in [0.15, 0.2) is 42.5 Å². The molecule has 0 fully saturated rings. The van der Waals surface area contributed by atoms with E-state index in [4.69, 9.17) is 14.2 Å². The maximum atomic E-state index is 12.2. The van der Waals surface area contributed by atoms with Crippen molar-refractivity contribution in [1.82, 2.24) is 0 Å². The minimum atomic E-state index is -0.365. The third-order valence-corrected chi connectivity index (χ3v) is 7.73. The third-order valence-electron chi connectivity index (χ3n) is 7.73. The molecule has 0 amide bonds. The molecule has 0 bridgehead atoms. The molecule has 43 heavy (non-hydrogen) atoms. The van der Waals surface area contributed by atoms with Crippen molar-refractivity contribution >= 4 is 17.6 Å². The summed E-state index contributed by atoms with van der Waals surface area (Å²) >= 11 is 0. The molecule has 0 aliphatic heterocycles. The summed E-state index contributed by atoms with van der Waals surface area (Å²) in [6, 6.07) is 13.2. The molecule has 0 aliphatic carbocycles. The van der Waals surface area contributed by atoms with Gasteiger partial charge in [-0.3, -0.25) is 0 Å². The van der Waals surface area contributed by atoms with E-state index in [9.17, 15) is 9.90 Å². The van der Waals surface area contributed by atoms with Crippen LogP contribution in [0.25, 0.3) is 11.6 Å². The Labute approximate surface area is 262 Å². The van der Waals surface area contributed by atoms with Crippen LogP contribution in [0.4, 0.5) is 0 Å². The molecule has 0 heterocycles. The molecule has 5 nitrogen and oxygen atoms in total. The number of benzene rings is 2. The number of aliphatic hydroxyl groups is 1. The Morgan fingerprint density at radius 2 is 1.19 bits per heavy atom. The van der Waals surface area contributed by atoms with E-state index >= 15 is 0 Å². The summed E-state index contributed by atoms with van der Waals surface area (Å²) in [6.07, 6.45) is 22.1. The number of ether oxygens (including phenoxy) is 3. The lowest BCUT2D eigenvalue weighted by Gasteiger charge is -2.14. The fraction of sp³-hybridized carbons (Fsp3) is 0.605. The van der Waals surface area contributed by atoms with E-state index in [1.54, 1.807) is 19.1 Å². The summed E-state index contributed by atoms with van der Waals surface area (Å²) < 4.78 is 17.6. The van der Waals surface area contributed by atoms with Gasteiger partial charge in [-0.25, -0.2) is 4.79 Å². The monoisotopic (exact) mass is 594 g/mol. The van der Waals surface area contributed by atoms with Gasteiger partial charge >= 0.3 is 5.97 Å². The molecule has 0 atom stereocenters. The van der Waals surface area contributed by atoms with Gasteiger partial charge in [-0.05, 0) is 66.8 Å². The Morgan fingerprint density at radius 1 is 0.651 bits per heavy atom. The maximum Gasteiger partial charge on any atom is 0.338 e. The van der Waals surface area contributed by atoms with Gasteiger partial charge in [-0.15, -0.1) is 0 Å². The Morgan fingerprint density at radius 3 is 1.74 bits per heavy atom. The molecule has 1 N–H and O–H groups in total. The number of hydrogen-bond acceptors (Lipinski definition) is 5. The van der Waals surface area contributed by atoms with Crippen LogP contribution in [-0.4, -0.2) is 37.5 Å². The third kappa shape index (κ3) is 15.5. The van der Waals surface area contributed by atoms with Crippen LogP contribution in [-0.2, 0) is 4.74 Å². The molecule has 2 aromatic rings. The highest BCUT2D eigenvalue weighted by molar-refractivity contribution is 5.92. The Kier molecular flexibility index (Phi) is 20.0. The van der Waals surface area contributed by atoms with Gasteiger partial charge in [-0.2, -0.15) is 0 Å². The Bertz CT molecular complexity index is 1040. The van der Waals surface area contributed by atoms with E-state index in [0.29, 0.717) is 31.0 Å². The van der Waals surface area contributed by atoms with E-state index in [1.807, 2.05) is 36.4 Å².